The minimum Gasteiger partial charge on any atom is -0.363 e. The first-order chi connectivity index (χ1) is 9.72. The summed E-state index contributed by atoms with van der Waals surface area (Å²) in [4.78, 5) is 2.31. The van der Waals surface area contributed by atoms with Crippen LogP contribution in [0.1, 0.15) is 17.2 Å². The highest BCUT2D eigenvalue weighted by atomic mass is 35.5. The van der Waals surface area contributed by atoms with Crippen LogP contribution in [0.4, 0.5) is 5.69 Å². The third kappa shape index (κ3) is 2.28. The Morgan fingerprint density at radius 3 is 2.45 bits per heavy atom. The second-order valence-electron chi connectivity index (χ2n) is 4.96. The van der Waals surface area contributed by atoms with Crippen LogP contribution in [-0.4, -0.2) is 13.1 Å². The molecule has 1 heterocycles. The van der Waals surface area contributed by atoms with Gasteiger partial charge in [0.2, 0.25) is 0 Å². The van der Waals surface area contributed by atoms with E-state index >= 15 is 0 Å². The molecule has 1 atom stereocenters. The molecule has 1 aliphatic rings. The van der Waals surface area contributed by atoms with Crippen LogP contribution < -0.4 is 10.6 Å². The molecule has 2 aromatic carbocycles. The van der Waals surface area contributed by atoms with Crippen molar-refractivity contribution in [3.8, 4) is 0 Å². The second kappa shape index (κ2) is 5.65. The van der Waals surface area contributed by atoms with Gasteiger partial charge in [-0.3, -0.25) is 0 Å². The highest BCUT2D eigenvalue weighted by Gasteiger charge is 2.28. The summed E-state index contributed by atoms with van der Waals surface area (Å²) in [6.45, 7) is 1.43. The zero-order chi connectivity index (χ0) is 14.1. The van der Waals surface area contributed by atoms with E-state index in [4.69, 9.17) is 28.9 Å². The average molecular weight is 307 g/mol. The fourth-order valence-electron chi connectivity index (χ4n) is 2.92. The lowest BCUT2D eigenvalue weighted by Crippen LogP contribution is -2.32. The molecule has 0 aromatic heterocycles. The van der Waals surface area contributed by atoms with Crippen molar-refractivity contribution in [2.75, 3.05) is 18.0 Å². The van der Waals surface area contributed by atoms with Crippen LogP contribution in [0.3, 0.4) is 0 Å². The van der Waals surface area contributed by atoms with E-state index < -0.39 is 0 Å². The SMILES string of the molecule is NCC(c1c(Cl)cccc1Cl)N1CCc2ccccc21. The molecule has 3 rings (SSSR count). The van der Waals surface area contributed by atoms with Gasteiger partial charge in [-0.25, -0.2) is 0 Å². The Kier molecular flexibility index (Phi) is 3.88. The topological polar surface area (TPSA) is 29.3 Å². The van der Waals surface area contributed by atoms with Gasteiger partial charge in [0.05, 0.1) is 6.04 Å². The highest BCUT2D eigenvalue weighted by Crippen LogP contribution is 2.39. The molecular weight excluding hydrogens is 291 g/mol. The van der Waals surface area contributed by atoms with Gasteiger partial charge < -0.3 is 10.6 Å². The van der Waals surface area contributed by atoms with Crippen LogP contribution in [0.2, 0.25) is 10.0 Å². The molecule has 2 aromatic rings. The zero-order valence-corrected chi connectivity index (χ0v) is 12.5. The van der Waals surface area contributed by atoms with Crippen LogP contribution >= 0.6 is 23.2 Å². The van der Waals surface area contributed by atoms with E-state index in [1.807, 2.05) is 18.2 Å². The van der Waals surface area contributed by atoms with Gasteiger partial charge in [-0.15, -0.1) is 0 Å². The predicted molar refractivity (Wildman–Crippen MR) is 85.7 cm³/mol. The van der Waals surface area contributed by atoms with Crippen LogP contribution in [-0.2, 0) is 6.42 Å². The van der Waals surface area contributed by atoms with E-state index in [-0.39, 0.29) is 6.04 Å². The van der Waals surface area contributed by atoms with Crippen molar-refractivity contribution in [1.82, 2.24) is 0 Å². The number of nitrogens with zero attached hydrogens (tertiary/aromatic N) is 1. The number of rotatable bonds is 3. The van der Waals surface area contributed by atoms with Crippen LogP contribution in [0.25, 0.3) is 0 Å². The fraction of sp³-hybridized carbons (Fsp3) is 0.250. The van der Waals surface area contributed by atoms with Gasteiger partial charge in [0.15, 0.2) is 0 Å². The number of benzene rings is 2. The Labute approximate surface area is 129 Å². The van der Waals surface area contributed by atoms with Gasteiger partial charge >= 0.3 is 0 Å². The van der Waals surface area contributed by atoms with Crippen molar-refractivity contribution in [1.29, 1.82) is 0 Å². The monoisotopic (exact) mass is 306 g/mol. The Hall–Kier alpha value is -1.22. The van der Waals surface area contributed by atoms with Crippen molar-refractivity contribution in [3.63, 3.8) is 0 Å². The molecule has 4 heteroatoms. The lowest BCUT2D eigenvalue weighted by atomic mass is 10.0. The summed E-state index contributed by atoms with van der Waals surface area (Å²) in [7, 11) is 0. The first kappa shape index (κ1) is 13.7. The van der Waals surface area contributed by atoms with Crippen LogP contribution in [0, 0.1) is 0 Å². The third-order valence-corrected chi connectivity index (χ3v) is 4.51. The number of para-hydroxylation sites is 1. The van der Waals surface area contributed by atoms with Gasteiger partial charge in [-0.1, -0.05) is 47.5 Å². The molecule has 0 spiro atoms. The Morgan fingerprint density at radius 2 is 1.75 bits per heavy atom. The number of fused-ring (bicyclic) bond motifs is 1. The average Bonchev–Trinajstić information content (AvgIpc) is 2.87. The summed E-state index contributed by atoms with van der Waals surface area (Å²) in [6.07, 6.45) is 1.04. The molecule has 1 aliphatic heterocycles. The Bertz CT molecular complexity index is 607. The molecule has 0 amide bonds. The maximum Gasteiger partial charge on any atom is 0.0694 e. The van der Waals surface area contributed by atoms with E-state index in [1.54, 1.807) is 0 Å². The number of nitrogens with two attached hydrogens (primary N) is 1. The van der Waals surface area contributed by atoms with Gasteiger partial charge in [-0.2, -0.15) is 0 Å². The van der Waals surface area contributed by atoms with Crippen LogP contribution in [0.5, 0.6) is 0 Å². The standard InChI is InChI=1S/C16H16Cl2N2/c17-12-5-3-6-13(18)16(12)15(10-19)20-9-8-11-4-1-2-7-14(11)20/h1-7,15H,8-10,19H2. The molecule has 0 saturated heterocycles. The number of hydrogen-bond donors (Lipinski definition) is 1. The molecule has 0 radical (unpaired) electrons. The lowest BCUT2D eigenvalue weighted by Gasteiger charge is -2.31. The summed E-state index contributed by atoms with van der Waals surface area (Å²) >= 11 is 12.7. The first-order valence-corrected chi connectivity index (χ1v) is 7.46. The predicted octanol–water partition coefficient (Wildman–Crippen LogP) is 4.06. The quantitative estimate of drug-likeness (QED) is 0.926. The minimum atomic E-state index is 0.0137. The maximum absolute atomic E-state index is 6.34. The second-order valence-corrected chi connectivity index (χ2v) is 5.77. The summed E-state index contributed by atoms with van der Waals surface area (Å²) in [5.74, 6) is 0. The van der Waals surface area contributed by atoms with Gasteiger partial charge in [0.25, 0.3) is 0 Å². The van der Waals surface area contributed by atoms with Crippen molar-refractivity contribution < 1.29 is 0 Å². The van der Waals surface area contributed by atoms with Gasteiger partial charge in [0, 0.05) is 34.4 Å². The van der Waals surface area contributed by atoms with Crippen molar-refractivity contribution in [2.24, 2.45) is 5.73 Å². The van der Waals surface area contributed by atoms with Crippen molar-refractivity contribution >= 4 is 28.9 Å². The van der Waals surface area contributed by atoms with E-state index in [0.29, 0.717) is 16.6 Å². The minimum absolute atomic E-state index is 0.0137. The van der Waals surface area contributed by atoms with Crippen molar-refractivity contribution in [2.45, 2.75) is 12.5 Å². The zero-order valence-electron chi connectivity index (χ0n) is 11.0. The highest BCUT2D eigenvalue weighted by molar-refractivity contribution is 6.36. The summed E-state index contributed by atoms with van der Waals surface area (Å²) < 4.78 is 0. The molecule has 2 N–H and O–H groups in total. The number of hydrogen-bond acceptors (Lipinski definition) is 2. The van der Waals surface area contributed by atoms with E-state index in [9.17, 15) is 0 Å². The summed E-state index contributed by atoms with van der Waals surface area (Å²) in [5, 5.41) is 1.36. The van der Waals surface area contributed by atoms with Gasteiger partial charge in [-0.05, 0) is 30.2 Å². The lowest BCUT2D eigenvalue weighted by molar-refractivity contribution is 0.649. The van der Waals surface area contributed by atoms with Crippen molar-refractivity contribution in [3.05, 3.63) is 63.6 Å². The first-order valence-electron chi connectivity index (χ1n) is 6.71. The molecule has 0 saturated carbocycles. The molecule has 104 valence electrons. The molecule has 1 unspecified atom stereocenters. The summed E-state index contributed by atoms with van der Waals surface area (Å²) in [5.41, 5.74) is 9.54. The Balaban J connectivity index is 2.04. The van der Waals surface area contributed by atoms with Crippen LogP contribution in [0.15, 0.2) is 42.5 Å². The number of anilines is 1. The molecule has 0 bridgehead atoms. The van der Waals surface area contributed by atoms with Gasteiger partial charge in [0.1, 0.15) is 0 Å². The normalized spacial score (nSPS) is 15.2. The molecular formula is C16H16Cl2N2. The molecule has 2 nitrogen and oxygen atoms in total. The summed E-state index contributed by atoms with van der Waals surface area (Å²) in [6, 6.07) is 14.0. The van der Waals surface area contributed by atoms with E-state index in [2.05, 4.69) is 29.2 Å². The smallest absolute Gasteiger partial charge is 0.0694 e. The Morgan fingerprint density at radius 1 is 1.05 bits per heavy atom. The molecule has 0 fully saturated rings. The molecule has 20 heavy (non-hydrogen) atoms. The molecule has 0 aliphatic carbocycles. The van der Waals surface area contributed by atoms with E-state index in [0.717, 1.165) is 18.5 Å². The fourth-order valence-corrected chi connectivity index (χ4v) is 3.57. The third-order valence-electron chi connectivity index (χ3n) is 3.86. The largest absolute Gasteiger partial charge is 0.363 e. The number of halogens is 2. The maximum atomic E-state index is 6.34. The van der Waals surface area contributed by atoms with E-state index in [1.165, 1.54) is 11.3 Å².